The number of ether oxygens (including phenoxy) is 3. The normalized spacial score (nSPS) is 10.5. The molecule has 33 heavy (non-hydrogen) atoms. The lowest BCUT2D eigenvalue weighted by Gasteiger charge is -2.14. The Labute approximate surface area is 206 Å². The van der Waals surface area contributed by atoms with Crippen LogP contribution in [0.4, 0.5) is 5.69 Å². The first-order chi connectivity index (χ1) is 15.8. The molecule has 2 aromatic rings. The van der Waals surface area contributed by atoms with Gasteiger partial charge in [-0.3, -0.25) is 9.59 Å². The topological polar surface area (TPSA) is 115 Å². The van der Waals surface area contributed by atoms with Gasteiger partial charge in [0.05, 0.1) is 23.0 Å². The molecule has 2 aromatic carbocycles. The number of carbonyl (C=O) groups is 3. The minimum absolute atomic E-state index is 0.238. The van der Waals surface area contributed by atoms with Crippen LogP contribution in [0.1, 0.15) is 31.4 Å². The molecule has 9 nitrogen and oxygen atoms in total. The minimum atomic E-state index is -0.551. The maximum atomic E-state index is 12.0. The second-order valence-corrected chi connectivity index (χ2v) is 7.90. The van der Waals surface area contributed by atoms with Crippen molar-refractivity contribution in [2.75, 3.05) is 25.1 Å². The Hall–Kier alpha value is -3.15. The molecular formula is C23H26IN3O6. The maximum absolute atomic E-state index is 12.0. The summed E-state index contributed by atoms with van der Waals surface area (Å²) in [7, 11) is 0. The molecule has 0 fully saturated rings. The third-order valence-electron chi connectivity index (χ3n) is 4.03. The molecule has 0 radical (unpaired) electrons. The van der Waals surface area contributed by atoms with Crippen molar-refractivity contribution in [2.45, 2.75) is 27.2 Å². The van der Waals surface area contributed by atoms with Gasteiger partial charge in [-0.25, -0.2) is 10.2 Å². The molecule has 2 N–H and O–H groups in total. The first-order valence-corrected chi connectivity index (χ1v) is 11.3. The van der Waals surface area contributed by atoms with Crippen LogP contribution < -0.4 is 20.2 Å². The molecule has 10 heteroatoms. The second kappa shape index (κ2) is 13.4. The molecule has 0 atom stereocenters. The number of aryl methyl sites for hydroxylation is 1. The van der Waals surface area contributed by atoms with Gasteiger partial charge in [0.2, 0.25) is 11.8 Å². The number of carbonyl (C=O) groups excluding carboxylic acids is 3. The third kappa shape index (κ3) is 9.08. The molecule has 0 bridgehead atoms. The van der Waals surface area contributed by atoms with Crippen LogP contribution in [-0.4, -0.2) is 43.8 Å². The standard InChI is InChI=1S/C23H26IN3O6/c1-4-31-19-11-16(10-18(24)23(19)33-14-22(30)32-5-2)13-25-27-21(29)12-20(28)26-17-8-6-15(3)7-9-17/h6-11,13H,4-5,12,14H2,1-3H3,(H,26,28)(H,27,29). The van der Waals surface area contributed by atoms with Crippen LogP contribution in [0.15, 0.2) is 41.5 Å². The lowest BCUT2D eigenvalue weighted by Crippen LogP contribution is -2.24. The number of benzene rings is 2. The highest BCUT2D eigenvalue weighted by atomic mass is 127. The molecule has 0 aliphatic heterocycles. The molecule has 0 aromatic heterocycles. The quantitative estimate of drug-likeness (QED) is 0.141. The Morgan fingerprint density at radius 3 is 2.42 bits per heavy atom. The van der Waals surface area contributed by atoms with Crippen LogP contribution in [0, 0.1) is 10.5 Å². The van der Waals surface area contributed by atoms with Crippen molar-refractivity contribution in [1.29, 1.82) is 0 Å². The van der Waals surface area contributed by atoms with Crippen molar-refractivity contribution >= 4 is 52.3 Å². The van der Waals surface area contributed by atoms with E-state index in [4.69, 9.17) is 14.2 Å². The lowest BCUT2D eigenvalue weighted by atomic mass is 10.2. The van der Waals surface area contributed by atoms with E-state index >= 15 is 0 Å². The molecule has 0 spiro atoms. The Morgan fingerprint density at radius 2 is 1.76 bits per heavy atom. The van der Waals surface area contributed by atoms with Gasteiger partial charge < -0.3 is 19.5 Å². The number of nitrogens with one attached hydrogen (secondary N) is 2. The van der Waals surface area contributed by atoms with E-state index in [1.807, 2.05) is 26.0 Å². The Balaban J connectivity index is 1.95. The van der Waals surface area contributed by atoms with Gasteiger partial charge in [0, 0.05) is 5.69 Å². The van der Waals surface area contributed by atoms with E-state index in [0.717, 1.165) is 5.56 Å². The number of amides is 2. The van der Waals surface area contributed by atoms with Crippen LogP contribution in [0.5, 0.6) is 11.5 Å². The summed E-state index contributed by atoms with van der Waals surface area (Å²) in [6, 6.07) is 10.7. The SMILES string of the molecule is CCOC(=O)COc1c(I)cc(C=NNC(=O)CC(=O)Nc2ccc(C)cc2)cc1OCC. The summed E-state index contributed by atoms with van der Waals surface area (Å²) in [5, 5.41) is 6.56. The molecule has 2 rings (SSSR count). The summed E-state index contributed by atoms with van der Waals surface area (Å²) in [5.74, 6) is -0.623. The molecule has 2 amide bonds. The Bertz CT molecular complexity index is 1010. The van der Waals surface area contributed by atoms with E-state index in [0.29, 0.717) is 32.9 Å². The van der Waals surface area contributed by atoms with Gasteiger partial charge in [-0.2, -0.15) is 5.10 Å². The second-order valence-electron chi connectivity index (χ2n) is 6.74. The number of anilines is 1. The highest BCUT2D eigenvalue weighted by Gasteiger charge is 2.14. The first kappa shape index (κ1) is 26.1. The molecule has 0 saturated carbocycles. The van der Waals surface area contributed by atoms with Gasteiger partial charge in [0.15, 0.2) is 18.1 Å². The molecule has 0 unspecified atom stereocenters. The van der Waals surface area contributed by atoms with Crippen molar-refractivity contribution in [1.82, 2.24) is 5.43 Å². The largest absolute Gasteiger partial charge is 0.490 e. The van der Waals surface area contributed by atoms with E-state index in [1.54, 1.807) is 31.2 Å². The fraction of sp³-hybridized carbons (Fsp3) is 0.304. The van der Waals surface area contributed by atoms with Crippen molar-refractivity contribution in [3.05, 3.63) is 51.1 Å². The average molecular weight is 567 g/mol. The van der Waals surface area contributed by atoms with Crippen LogP contribution in [0.25, 0.3) is 0 Å². The van der Waals surface area contributed by atoms with Crippen LogP contribution >= 0.6 is 22.6 Å². The Morgan fingerprint density at radius 1 is 1.03 bits per heavy atom. The smallest absolute Gasteiger partial charge is 0.344 e. The Kier molecular flexibility index (Phi) is 10.6. The fourth-order valence-corrected chi connectivity index (χ4v) is 3.39. The fourth-order valence-electron chi connectivity index (χ4n) is 2.61. The van der Waals surface area contributed by atoms with E-state index in [-0.39, 0.29) is 19.6 Å². The number of rotatable bonds is 11. The van der Waals surface area contributed by atoms with Crippen LogP contribution in [-0.2, 0) is 19.1 Å². The number of hydrogen-bond donors (Lipinski definition) is 2. The minimum Gasteiger partial charge on any atom is -0.490 e. The van der Waals surface area contributed by atoms with Crippen molar-refractivity contribution < 1.29 is 28.6 Å². The third-order valence-corrected chi connectivity index (χ3v) is 4.83. The van der Waals surface area contributed by atoms with Crippen LogP contribution in [0.2, 0.25) is 0 Å². The number of esters is 1. The summed E-state index contributed by atoms with van der Waals surface area (Å²) < 4.78 is 16.7. The molecule has 176 valence electrons. The van der Waals surface area contributed by atoms with E-state index in [9.17, 15) is 14.4 Å². The van der Waals surface area contributed by atoms with Gasteiger partial charge in [-0.15, -0.1) is 0 Å². The van der Waals surface area contributed by atoms with E-state index in [2.05, 4.69) is 38.4 Å². The zero-order valence-electron chi connectivity index (χ0n) is 18.6. The number of hydrogen-bond acceptors (Lipinski definition) is 7. The predicted molar refractivity (Wildman–Crippen MR) is 133 cm³/mol. The summed E-state index contributed by atoms with van der Waals surface area (Å²) in [4.78, 5) is 35.6. The molecule has 0 heterocycles. The lowest BCUT2D eigenvalue weighted by molar-refractivity contribution is -0.145. The summed E-state index contributed by atoms with van der Waals surface area (Å²) in [6.07, 6.45) is 1.06. The summed E-state index contributed by atoms with van der Waals surface area (Å²) >= 11 is 2.05. The zero-order chi connectivity index (χ0) is 24.2. The van der Waals surface area contributed by atoms with Gasteiger partial charge in [0.1, 0.15) is 6.42 Å². The highest BCUT2D eigenvalue weighted by Crippen LogP contribution is 2.34. The number of nitrogens with zero attached hydrogens (tertiary/aromatic N) is 1. The van der Waals surface area contributed by atoms with Gasteiger partial charge in [-0.1, -0.05) is 17.7 Å². The zero-order valence-corrected chi connectivity index (χ0v) is 20.8. The predicted octanol–water partition coefficient (Wildman–Crippen LogP) is 3.42. The summed E-state index contributed by atoms with van der Waals surface area (Å²) in [6.45, 7) is 5.91. The van der Waals surface area contributed by atoms with Gasteiger partial charge >= 0.3 is 5.97 Å². The van der Waals surface area contributed by atoms with Crippen molar-refractivity contribution in [3.63, 3.8) is 0 Å². The molecule has 0 saturated heterocycles. The highest BCUT2D eigenvalue weighted by molar-refractivity contribution is 14.1. The van der Waals surface area contributed by atoms with Crippen LogP contribution in [0.3, 0.4) is 0 Å². The van der Waals surface area contributed by atoms with Gasteiger partial charge in [-0.05, 0) is 73.2 Å². The van der Waals surface area contributed by atoms with Crippen molar-refractivity contribution in [2.24, 2.45) is 5.10 Å². The van der Waals surface area contributed by atoms with E-state index < -0.39 is 17.8 Å². The maximum Gasteiger partial charge on any atom is 0.344 e. The number of halogens is 1. The molecule has 0 aliphatic rings. The molecule has 0 aliphatic carbocycles. The first-order valence-electron chi connectivity index (χ1n) is 10.3. The summed E-state index contributed by atoms with van der Waals surface area (Å²) in [5.41, 5.74) is 4.65. The van der Waals surface area contributed by atoms with Gasteiger partial charge in [0.25, 0.3) is 0 Å². The molecular weight excluding hydrogens is 541 g/mol. The average Bonchev–Trinajstić information content (AvgIpc) is 2.75. The monoisotopic (exact) mass is 567 g/mol. The number of hydrazone groups is 1. The van der Waals surface area contributed by atoms with Crippen molar-refractivity contribution in [3.8, 4) is 11.5 Å². The van der Waals surface area contributed by atoms with E-state index in [1.165, 1.54) is 6.21 Å².